The van der Waals surface area contributed by atoms with Crippen LogP contribution in [0.5, 0.6) is 0 Å². The topological polar surface area (TPSA) is 71.3 Å². The summed E-state index contributed by atoms with van der Waals surface area (Å²) < 4.78 is 1.91. The summed E-state index contributed by atoms with van der Waals surface area (Å²) in [6.45, 7) is 4.41. The fourth-order valence-electron chi connectivity index (χ4n) is 3.29. The van der Waals surface area contributed by atoms with Crippen LogP contribution in [0.4, 0.5) is 5.69 Å². The lowest BCUT2D eigenvalue weighted by Gasteiger charge is -2.19. The highest BCUT2D eigenvalue weighted by atomic mass is 16.2. The second kappa shape index (κ2) is 8.24. The van der Waals surface area contributed by atoms with Gasteiger partial charge in [-0.2, -0.15) is 0 Å². The van der Waals surface area contributed by atoms with E-state index in [9.17, 15) is 4.79 Å². The minimum atomic E-state index is -0.521. The molecule has 2 aromatic heterocycles. The molecule has 29 heavy (non-hydrogen) atoms. The Hall–Kier alpha value is -3.51. The zero-order chi connectivity index (χ0) is 20.2. The molecular weight excluding hydrogens is 362 g/mol. The number of carbonyl (C=O) groups is 1. The molecule has 0 aliphatic rings. The van der Waals surface area contributed by atoms with Crippen LogP contribution in [0.25, 0.3) is 5.65 Å². The predicted molar refractivity (Wildman–Crippen MR) is 114 cm³/mol. The van der Waals surface area contributed by atoms with Gasteiger partial charge in [-0.15, -0.1) is 10.2 Å². The fourth-order valence-corrected chi connectivity index (χ4v) is 3.29. The third kappa shape index (κ3) is 4.17. The van der Waals surface area contributed by atoms with Gasteiger partial charge in [-0.3, -0.25) is 14.5 Å². The van der Waals surface area contributed by atoms with E-state index in [4.69, 9.17) is 0 Å². The van der Waals surface area contributed by atoms with Gasteiger partial charge in [0.2, 0.25) is 5.91 Å². The fraction of sp³-hybridized carbons (Fsp3) is 0.174. The number of hydrogen-bond donors (Lipinski definition) is 2. The van der Waals surface area contributed by atoms with Crippen molar-refractivity contribution in [3.05, 3.63) is 95.4 Å². The smallest absolute Gasteiger partial charge is 0.246 e. The molecule has 6 nitrogen and oxygen atoms in total. The number of amides is 1. The number of fused-ring (bicyclic) bond motifs is 1. The Balaban J connectivity index is 1.58. The molecule has 4 rings (SSSR count). The van der Waals surface area contributed by atoms with E-state index in [-0.39, 0.29) is 5.91 Å². The van der Waals surface area contributed by atoms with Crippen LogP contribution in [0.1, 0.15) is 28.6 Å². The van der Waals surface area contributed by atoms with Gasteiger partial charge in [-0.1, -0.05) is 48.5 Å². The molecule has 1 atom stereocenters. The van der Waals surface area contributed by atoms with E-state index in [1.807, 2.05) is 91.2 Å². The molecule has 6 heteroatoms. The molecule has 0 saturated carbocycles. The van der Waals surface area contributed by atoms with Gasteiger partial charge >= 0.3 is 0 Å². The van der Waals surface area contributed by atoms with E-state index in [1.54, 1.807) is 0 Å². The van der Waals surface area contributed by atoms with Crippen molar-refractivity contribution in [3.63, 3.8) is 0 Å². The number of nitrogens with one attached hydrogen (secondary N) is 2. The average Bonchev–Trinajstić information content (AvgIpc) is 3.15. The van der Waals surface area contributed by atoms with Crippen molar-refractivity contribution in [3.8, 4) is 0 Å². The monoisotopic (exact) mass is 385 g/mol. The normalized spacial score (nSPS) is 12.1. The number of benzene rings is 2. The Morgan fingerprint density at radius 3 is 2.62 bits per heavy atom. The van der Waals surface area contributed by atoms with Crippen LogP contribution in [0.15, 0.2) is 72.9 Å². The van der Waals surface area contributed by atoms with Crippen molar-refractivity contribution in [1.82, 2.24) is 19.9 Å². The molecule has 0 bridgehead atoms. The molecule has 0 aliphatic carbocycles. The highest BCUT2D eigenvalue weighted by Crippen LogP contribution is 2.20. The molecule has 146 valence electrons. The molecule has 0 saturated heterocycles. The van der Waals surface area contributed by atoms with Crippen LogP contribution in [0.3, 0.4) is 0 Å². The Bertz CT molecular complexity index is 1140. The van der Waals surface area contributed by atoms with E-state index in [1.165, 1.54) is 0 Å². The first-order chi connectivity index (χ1) is 14.1. The van der Waals surface area contributed by atoms with E-state index >= 15 is 0 Å². The van der Waals surface area contributed by atoms with Crippen LogP contribution in [0, 0.1) is 13.8 Å². The zero-order valence-electron chi connectivity index (χ0n) is 16.5. The summed E-state index contributed by atoms with van der Waals surface area (Å²) in [5, 5.41) is 14.8. The molecule has 0 spiro atoms. The third-order valence-corrected chi connectivity index (χ3v) is 4.89. The summed E-state index contributed by atoms with van der Waals surface area (Å²) in [5.41, 5.74) is 4.62. The van der Waals surface area contributed by atoms with Crippen molar-refractivity contribution >= 4 is 17.2 Å². The number of aryl methyl sites for hydroxylation is 2. The predicted octanol–water partition coefficient (Wildman–Crippen LogP) is 3.82. The molecule has 1 unspecified atom stereocenters. The van der Waals surface area contributed by atoms with Crippen LogP contribution in [-0.2, 0) is 11.3 Å². The molecule has 0 fully saturated rings. The van der Waals surface area contributed by atoms with Crippen molar-refractivity contribution in [2.45, 2.75) is 26.4 Å². The van der Waals surface area contributed by atoms with Crippen molar-refractivity contribution in [1.29, 1.82) is 0 Å². The van der Waals surface area contributed by atoms with Crippen LogP contribution >= 0.6 is 0 Å². The van der Waals surface area contributed by atoms with Gasteiger partial charge in [0.05, 0.1) is 6.54 Å². The highest BCUT2D eigenvalue weighted by molar-refractivity contribution is 5.96. The lowest BCUT2D eigenvalue weighted by atomic mass is 10.1. The first-order valence-electron chi connectivity index (χ1n) is 9.57. The lowest BCUT2D eigenvalue weighted by molar-refractivity contribution is -0.118. The standard InChI is InChI=1S/C23H23N5O/c1-16-11-12-17(2)19(14-16)25-23(29)22(18-8-4-3-5-9-18)24-15-21-27-26-20-10-6-7-13-28(20)21/h3-14,22,24H,15H2,1-2H3,(H,25,29). The van der Waals surface area contributed by atoms with Crippen LogP contribution in [-0.4, -0.2) is 20.5 Å². The van der Waals surface area contributed by atoms with Crippen molar-refractivity contribution < 1.29 is 4.79 Å². The van der Waals surface area contributed by atoms with Gasteiger partial charge < -0.3 is 5.32 Å². The van der Waals surface area contributed by atoms with Crippen LogP contribution in [0.2, 0.25) is 0 Å². The SMILES string of the molecule is Cc1ccc(C)c(NC(=O)C(NCc2nnc3ccccn23)c2ccccc2)c1. The number of hydrogen-bond acceptors (Lipinski definition) is 4. The Labute approximate surface area is 169 Å². The summed E-state index contributed by atoms with van der Waals surface area (Å²) in [6, 6.07) is 21.0. The minimum absolute atomic E-state index is 0.112. The van der Waals surface area contributed by atoms with Gasteiger partial charge in [0, 0.05) is 11.9 Å². The van der Waals surface area contributed by atoms with E-state index in [2.05, 4.69) is 20.8 Å². The molecule has 2 heterocycles. The van der Waals surface area contributed by atoms with Crippen LogP contribution < -0.4 is 10.6 Å². The third-order valence-electron chi connectivity index (χ3n) is 4.89. The first kappa shape index (κ1) is 18.8. The molecule has 2 N–H and O–H groups in total. The second-order valence-electron chi connectivity index (χ2n) is 7.08. The van der Waals surface area contributed by atoms with Gasteiger partial charge in [-0.25, -0.2) is 0 Å². The summed E-state index contributed by atoms with van der Waals surface area (Å²) in [6.07, 6.45) is 1.92. The van der Waals surface area contributed by atoms with E-state index < -0.39 is 6.04 Å². The second-order valence-corrected chi connectivity index (χ2v) is 7.08. The van der Waals surface area contributed by atoms with E-state index in [0.717, 1.165) is 33.8 Å². The Morgan fingerprint density at radius 2 is 1.79 bits per heavy atom. The van der Waals surface area contributed by atoms with Gasteiger partial charge in [0.15, 0.2) is 11.5 Å². The number of nitrogens with zero attached hydrogens (tertiary/aromatic N) is 3. The Kier molecular flexibility index (Phi) is 5.35. The van der Waals surface area contributed by atoms with Gasteiger partial charge in [0.1, 0.15) is 6.04 Å². The van der Waals surface area contributed by atoms with Gasteiger partial charge in [-0.05, 0) is 48.7 Å². The maximum Gasteiger partial charge on any atom is 0.246 e. The lowest BCUT2D eigenvalue weighted by Crippen LogP contribution is -2.33. The van der Waals surface area contributed by atoms with E-state index in [0.29, 0.717) is 6.54 Å². The Morgan fingerprint density at radius 1 is 1.00 bits per heavy atom. The molecular formula is C23H23N5O. The number of anilines is 1. The number of pyridine rings is 1. The highest BCUT2D eigenvalue weighted by Gasteiger charge is 2.21. The number of aromatic nitrogens is 3. The summed E-state index contributed by atoms with van der Waals surface area (Å²) in [4.78, 5) is 13.2. The summed E-state index contributed by atoms with van der Waals surface area (Å²) in [5.74, 6) is 0.639. The molecule has 4 aromatic rings. The largest absolute Gasteiger partial charge is 0.324 e. The number of rotatable bonds is 6. The molecule has 0 aliphatic heterocycles. The quantitative estimate of drug-likeness (QED) is 0.529. The first-order valence-corrected chi connectivity index (χ1v) is 9.57. The van der Waals surface area contributed by atoms with Crippen molar-refractivity contribution in [2.24, 2.45) is 0 Å². The zero-order valence-corrected chi connectivity index (χ0v) is 16.5. The molecule has 1 amide bonds. The maximum absolute atomic E-state index is 13.2. The number of carbonyl (C=O) groups excluding carboxylic acids is 1. The molecule has 0 radical (unpaired) electrons. The summed E-state index contributed by atoms with van der Waals surface area (Å²) in [7, 11) is 0. The maximum atomic E-state index is 13.2. The average molecular weight is 385 g/mol. The molecule has 2 aromatic carbocycles. The van der Waals surface area contributed by atoms with Gasteiger partial charge in [0.25, 0.3) is 0 Å². The van der Waals surface area contributed by atoms with Crippen molar-refractivity contribution in [2.75, 3.05) is 5.32 Å². The minimum Gasteiger partial charge on any atom is -0.324 e. The summed E-state index contributed by atoms with van der Waals surface area (Å²) >= 11 is 0.